The molecule has 0 atom stereocenters. The van der Waals surface area contributed by atoms with Crippen molar-refractivity contribution < 1.29 is 4.79 Å². The monoisotopic (exact) mass is 459 g/mol. The third-order valence-electron chi connectivity index (χ3n) is 6.90. The van der Waals surface area contributed by atoms with Crippen LogP contribution in [0.15, 0.2) is 48.5 Å². The number of aromatic nitrogens is 1. The van der Waals surface area contributed by atoms with Gasteiger partial charge in [-0.05, 0) is 62.1 Å². The molecule has 180 valence electrons. The number of nitrogens with one attached hydrogen (secondary N) is 3. The number of fused-ring (bicyclic) bond motifs is 1. The zero-order valence-corrected chi connectivity index (χ0v) is 20.8. The second kappa shape index (κ2) is 10.8. The smallest absolute Gasteiger partial charge is 0.319 e. The van der Waals surface area contributed by atoms with E-state index in [9.17, 15) is 4.79 Å². The predicted molar refractivity (Wildman–Crippen MR) is 143 cm³/mol. The molecule has 1 aromatic heterocycles. The molecular formula is C28H37N5O. The molecule has 6 heteroatoms. The van der Waals surface area contributed by atoms with Gasteiger partial charge in [-0.2, -0.15) is 0 Å². The molecule has 1 saturated carbocycles. The summed E-state index contributed by atoms with van der Waals surface area (Å²) in [5.74, 6) is 1.45. The van der Waals surface area contributed by atoms with Crippen LogP contribution in [0.1, 0.15) is 43.7 Å². The lowest BCUT2D eigenvalue weighted by molar-refractivity contribution is 0.246. The Morgan fingerprint density at radius 1 is 1.06 bits per heavy atom. The maximum Gasteiger partial charge on any atom is 0.319 e. The summed E-state index contributed by atoms with van der Waals surface area (Å²) in [6, 6.07) is 16.9. The molecule has 0 aliphatic heterocycles. The van der Waals surface area contributed by atoms with Crippen molar-refractivity contribution in [3.63, 3.8) is 0 Å². The van der Waals surface area contributed by atoms with Crippen LogP contribution in [0, 0.1) is 12.8 Å². The largest absolute Gasteiger partial charge is 0.377 e. The SMILES string of the molecule is CCc1cccc(C)c1NC(=O)NCC1CCC(Nc2cc(N(C)C)c3ccccc3n2)CC1. The van der Waals surface area contributed by atoms with Crippen molar-refractivity contribution in [1.82, 2.24) is 10.3 Å². The molecule has 0 spiro atoms. The van der Waals surface area contributed by atoms with Crippen molar-refractivity contribution in [2.24, 2.45) is 5.92 Å². The predicted octanol–water partition coefficient (Wildman–Crippen LogP) is 5.96. The first kappa shape index (κ1) is 23.9. The van der Waals surface area contributed by atoms with Crippen molar-refractivity contribution in [1.29, 1.82) is 0 Å². The number of carbonyl (C=O) groups is 1. The number of benzene rings is 2. The fraction of sp³-hybridized carbons (Fsp3) is 0.429. The first-order chi connectivity index (χ1) is 16.4. The lowest BCUT2D eigenvalue weighted by Gasteiger charge is -2.30. The fourth-order valence-corrected chi connectivity index (χ4v) is 4.92. The minimum absolute atomic E-state index is 0.110. The van der Waals surface area contributed by atoms with E-state index in [1.54, 1.807) is 0 Å². The third kappa shape index (κ3) is 5.61. The number of para-hydroxylation sites is 2. The number of anilines is 3. The zero-order chi connectivity index (χ0) is 24.1. The molecule has 4 rings (SSSR count). The molecule has 0 radical (unpaired) electrons. The van der Waals surface area contributed by atoms with Crippen LogP contribution in [0.3, 0.4) is 0 Å². The van der Waals surface area contributed by atoms with E-state index in [1.165, 1.54) is 16.6 Å². The van der Waals surface area contributed by atoms with Crippen LogP contribution >= 0.6 is 0 Å². The van der Waals surface area contributed by atoms with E-state index >= 15 is 0 Å². The molecule has 0 bridgehead atoms. The van der Waals surface area contributed by atoms with Gasteiger partial charge in [0, 0.05) is 49.5 Å². The third-order valence-corrected chi connectivity index (χ3v) is 6.90. The van der Waals surface area contributed by atoms with E-state index in [-0.39, 0.29) is 6.03 Å². The van der Waals surface area contributed by atoms with Gasteiger partial charge < -0.3 is 20.9 Å². The second-order valence-electron chi connectivity index (χ2n) is 9.60. The van der Waals surface area contributed by atoms with Gasteiger partial charge in [-0.25, -0.2) is 9.78 Å². The molecule has 34 heavy (non-hydrogen) atoms. The van der Waals surface area contributed by atoms with Crippen molar-refractivity contribution in [2.45, 2.75) is 52.0 Å². The average Bonchev–Trinajstić information content (AvgIpc) is 2.84. The standard InChI is InChI=1S/C28H37N5O/c1-5-21-10-8-9-19(2)27(21)32-28(34)29-18-20-13-15-22(16-14-20)30-26-17-25(33(3)4)23-11-6-7-12-24(23)31-26/h6-12,17,20,22H,5,13-16,18H2,1-4H3,(H,30,31)(H2,29,32,34). The number of aryl methyl sites for hydroxylation is 2. The zero-order valence-electron chi connectivity index (χ0n) is 20.8. The summed E-state index contributed by atoms with van der Waals surface area (Å²) in [5, 5.41) is 11.0. The highest BCUT2D eigenvalue weighted by Crippen LogP contribution is 2.30. The van der Waals surface area contributed by atoms with Gasteiger partial charge in [0.15, 0.2) is 0 Å². The normalized spacial score (nSPS) is 17.9. The molecule has 0 unspecified atom stereocenters. The Hall–Kier alpha value is -3.28. The fourth-order valence-electron chi connectivity index (χ4n) is 4.92. The van der Waals surface area contributed by atoms with E-state index in [1.807, 2.05) is 25.1 Å². The Bertz CT molecular complexity index is 1130. The van der Waals surface area contributed by atoms with E-state index in [4.69, 9.17) is 4.98 Å². The van der Waals surface area contributed by atoms with Crippen molar-refractivity contribution in [3.8, 4) is 0 Å². The molecule has 6 nitrogen and oxygen atoms in total. The molecule has 3 N–H and O–H groups in total. The van der Waals surface area contributed by atoms with Crippen molar-refractivity contribution in [2.75, 3.05) is 36.2 Å². The Morgan fingerprint density at radius 3 is 2.56 bits per heavy atom. The molecule has 1 aliphatic rings. The highest BCUT2D eigenvalue weighted by molar-refractivity contribution is 5.93. The molecule has 2 aromatic carbocycles. The summed E-state index contributed by atoms with van der Waals surface area (Å²) in [6.07, 6.45) is 5.25. The number of hydrogen-bond acceptors (Lipinski definition) is 4. The summed E-state index contributed by atoms with van der Waals surface area (Å²) in [7, 11) is 4.14. The number of carbonyl (C=O) groups excluding carboxylic acids is 1. The molecule has 3 aromatic rings. The number of nitrogens with zero attached hydrogens (tertiary/aromatic N) is 2. The molecule has 2 amide bonds. The lowest BCUT2D eigenvalue weighted by atomic mass is 9.86. The second-order valence-corrected chi connectivity index (χ2v) is 9.60. The Balaban J connectivity index is 1.28. The van der Waals surface area contributed by atoms with E-state index < -0.39 is 0 Å². The number of pyridine rings is 1. The van der Waals surface area contributed by atoms with Crippen LogP contribution in [-0.4, -0.2) is 37.7 Å². The summed E-state index contributed by atoms with van der Waals surface area (Å²) < 4.78 is 0. The molecular weight excluding hydrogens is 422 g/mol. The van der Waals surface area contributed by atoms with Crippen LogP contribution in [-0.2, 0) is 6.42 Å². The highest BCUT2D eigenvalue weighted by atomic mass is 16.2. The van der Waals surface area contributed by atoms with Gasteiger partial charge in [-0.3, -0.25) is 0 Å². The molecule has 1 heterocycles. The van der Waals surface area contributed by atoms with Gasteiger partial charge in [-0.15, -0.1) is 0 Å². The van der Waals surface area contributed by atoms with Gasteiger partial charge in [0.05, 0.1) is 5.52 Å². The average molecular weight is 460 g/mol. The van der Waals surface area contributed by atoms with Crippen LogP contribution < -0.4 is 20.9 Å². The summed E-state index contributed by atoms with van der Waals surface area (Å²) in [6.45, 7) is 4.86. The number of amides is 2. The Morgan fingerprint density at radius 2 is 1.82 bits per heavy atom. The summed E-state index contributed by atoms with van der Waals surface area (Å²) >= 11 is 0. The topological polar surface area (TPSA) is 69.3 Å². The Labute approximate surface area is 203 Å². The molecule has 1 aliphatic carbocycles. The number of hydrogen-bond donors (Lipinski definition) is 3. The maximum atomic E-state index is 12.5. The van der Waals surface area contributed by atoms with Crippen LogP contribution in [0.4, 0.5) is 22.0 Å². The van der Waals surface area contributed by atoms with Gasteiger partial charge in [0.25, 0.3) is 0 Å². The van der Waals surface area contributed by atoms with E-state index in [0.29, 0.717) is 18.5 Å². The molecule has 1 fully saturated rings. The van der Waals surface area contributed by atoms with Gasteiger partial charge in [0.1, 0.15) is 5.82 Å². The van der Waals surface area contributed by atoms with Crippen molar-refractivity contribution >= 4 is 34.1 Å². The highest BCUT2D eigenvalue weighted by Gasteiger charge is 2.22. The summed E-state index contributed by atoms with van der Waals surface area (Å²) in [5.41, 5.74) is 5.40. The first-order valence-electron chi connectivity index (χ1n) is 12.4. The van der Waals surface area contributed by atoms with E-state index in [2.05, 4.69) is 72.2 Å². The summed E-state index contributed by atoms with van der Waals surface area (Å²) in [4.78, 5) is 19.5. The number of urea groups is 1. The maximum absolute atomic E-state index is 12.5. The van der Waals surface area contributed by atoms with Crippen LogP contribution in [0.5, 0.6) is 0 Å². The minimum Gasteiger partial charge on any atom is -0.377 e. The lowest BCUT2D eigenvalue weighted by Crippen LogP contribution is -2.36. The first-order valence-corrected chi connectivity index (χ1v) is 12.4. The van der Waals surface area contributed by atoms with Gasteiger partial charge in [-0.1, -0.05) is 43.3 Å². The van der Waals surface area contributed by atoms with Gasteiger partial charge in [0.2, 0.25) is 0 Å². The molecule has 0 saturated heterocycles. The number of rotatable bonds is 7. The van der Waals surface area contributed by atoms with Crippen LogP contribution in [0.25, 0.3) is 10.9 Å². The van der Waals surface area contributed by atoms with E-state index in [0.717, 1.165) is 54.7 Å². The van der Waals surface area contributed by atoms with Crippen molar-refractivity contribution in [3.05, 3.63) is 59.7 Å². The Kier molecular flexibility index (Phi) is 7.56. The van der Waals surface area contributed by atoms with Gasteiger partial charge >= 0.3 is 6.03 Å². The van der Waals surface area contributed by atoms with Crippen LogP contribution in [0.2, 0.25) is 0 Å². The quantitative estimate of drug-likeness (QED) is 0.407. The minimum atomic E-state index is -0.110.